The number of carbonyl (C=O) groups is 1. The van der Waals surface area contributed by atoms with Crippen LogP contribution in [0.1, 0.15) is 149 Å². The van der Waals surface area contributed by atoms with Gasteiger partial charge in [0.05, 0.1) is 0 Å². The zero-order valence-electron chi connectivity index (χ0n) is 19.1. The van der Waals surface area contributed by atoms with Crippen molar-refractivity contribution < 1.29 is 14.3 Å². The topological polar surface area (TPSA) is 37.3 Å². The minimum Gasteiger partial charge on any atom is -0.479 e. The molecule has 1 atom stereocenters. The van der Waals surface area contributed by atoms with Gasteiger partial charge >= 0.3 is 5.97 Å². The lowest BCUT2D eigenvalue weighted by atomic mass is 9.91. The largest absolute Gasteiger partial charge is 0.479 e. The van der Waals surface area contributed by atoms with Gasteiger partial charge in [-0.05, 0) is 25.7 Å². The normalized spacial score (nSPS) is 13.5. The molecule has 0 amide bonds. The summed E-state index contributed by atoms with van der Waals surface area (Å²) in [6.45, 7) is 4.40. The van der Waals surface area contributed by atoms with E-state index in [9.17, 15) is 14.3 Å². The number of aliphatic carboxylic acids is 1. The van der Waals surface area contributed by atoms with Crippen LogP contribution in [0.15, 0.2) is 0 Å². The van der Waals surface area contributed by atoms with Crippen LogP contribution in [-0.4, -0.2) is 16.7 Å². The van der Waals surface area contributed by atoms with E-state index in [0.717, 1.165) is 38.5 Å². The number of hydrogen-bond acceptors (Lipinski definition) is 1. The van der Waals surface area contributed by atoms with Crippen molar-refractivity contribution >= 4 is 5.97 Å². The Hall–Kier alpha value is -0.600. The van der Waals surface area contributed by atoms with E-state index in [4.69, 9.17) is 0 Å². The Balaban J connectivity index is 3.53. The van der Waals surface area contributed by atoms with Gasteiger partial charge in [0.1, 0.15) is 0 Å². The van der Waals surface area contributed by atoms with E-state index >= 15 is 0 Å². The molecule has 0 aliphatic rings. The van der Waals surface area contributed by atoms with Crippen molar-refractivity contribution in [3.05, 3.63) is 0 Å². The lowest BCUT2D eigenvalue weighted by molar-refractivity contribution is -0.152. The van der Waals surface area contributed by atoms with Crippen LogP contribution in [0.3, 0.4) is 0 Å². The third-order valence-electron chi connectivity index (χ3n) is 5.99. The van der Waals surface area contributed by atoms with Gasteiger partial charge < -0.3 is 5.11 Å². The van der Waals surface area contributed by atoms with Crippen molar-refractivity contribution in [1.29, 1.82) is 0 Å². The maximum atomic E-state index is 14.7. The number of carboxylic acid groups (broad SMARTS) is 1. The second-order valence-electron chi connectivity index (χ2n) is 8.78. The molecule has 3 heteroatoms. The minimum absolute atomic E-state index is 0.185. The van der Waals surface area contributed by atoms with Crippen molar-refractivity contribution in [3.63, 3.8) is 0 Å². The summed E-state index contributed by atoms with van der Waals surface area (Å²) in [5.41, 5.74) is -2.00. The number of unbranched alkanes of at least 4 members (excludes halogenated alkanes) is 17. The van der Waals surface area contributed by atoms with E-state index in [1.807, 2.05) is 0 Å². The summed E-state index contributed by atoms with van der Waals surface area (Å²) in [5.74, 6) is -1.25. The highest BCUT2D eigenvalue weighted by molar-refractivity contribution is 5.77. The van der Waals surface area contributed by atoms with Crippen molar-refractivity contribution in [2.24, 2.45) is 0 Å². The smallest absolute Gasteiger partial charge is 0.341 e. The molecule has 168 valence electrons. The van der Waals surface area contributed by atoms with Gasteiger partial charge in [-0.3, -0.25) is 0 Å². The molecule has 0 aromatic rings. The van der Waals surface area contributed by atoms with Gasteiger partial charge in [0.2, 0.25) is 5.67 Å². The number of rotatable bonds is 22. The molecule has 1 N–H and O–H groups in total. The highest BCUT2D eigenvalue weighted by atomic mass is 19.1. The Morgan fingerprint density at radius 1 is 0.571 bits per heavy atom. The van der Waals surface area contributed by atoms with Gasteiger partial charge in [-0.15, -0.1) is 0 Å². The zero-order valence-corrected chi connectivity index (χ0v) is 19.1. The highest BCUT2D eigenvalue weighted by Gasteiger charge is 2.37. The van der Waals surface area contributed by atoms with Crippen LogP contribution in [0.25, 0.3) is 0 Å². The summed E-state index contributed by atoms with van der Waals surface area (Å²) in [4.78, 5) is 11.3. The molecular formula is C25H49FO2. The molecule has 0 aromatic carbocycles. The van der Waals surface area contributed by atoms with Crippen LogP contribution in [-0.2, 0) is 4.79 Å². The maximum Gasteiger partial charge on any atom is 0.341 e. The third-order valence-corrected chi connectivity index (χ3v) is 5.99. The van der Waals surface area contributed by atoms with E-state index in [1.54, 1.807) is 0 Å². The van der Waals surface area contributed by atoms with E-state index in [2.05, 4.69) is 13.8 Å². The molecule has 28 heavy (non-hydrogen) atoms. The molecule has 0 saturated carbocycles. The van der Waals surface area contributed by atoms with E-state index in [1.165, 1.54) is 70.6 Å². The summed E-state index contributed by atoms with van der Waals surface area (Å²) in [6.07, 6.45) is 23.0. The first-order chi connectivity index (χ1) is 13.6. The molecule has 0 heterocycles. The molecule has 0 aliphatic heterocycles. The fraction of sp³-hybridized carbons (Fsp3) is 0.960. The molecule has 0 radical (unpaired) electrons. The Morgan fingerprint density at radius 2 is 0.821 bits per heavy atom. The first-order valence-electron chi connectivity index (χ1n) is 12.5. The lowest BCUT2D eigenvalue weighted by Gasteiger charge is -2.20. The van der Waals surface area contributed by atoms with Crippen LogP contribution in [0.4, 0.5) is 4.39 Å². The fourth-order valence-corrected chi connectivity index (χ4v) is 3.95. The van der Waals surface area contributed by atoms with Gasteiger partial charge in [-0.1, -0.05) is 123 Å². The van der Waals surface area contributed by atoms with Gasteiger partial charge in [-0.25, -0.2) is 9.18 Å². The van der Waals surface area contributed by atoms with Crippen molar-refractivity contribution in [2.45, 2.75) is 154 Å². The van der Waals surface area contributed by atoms with Gasteiger partial charge in [-0.2, -0.15) is 0 Å². The van der Waals surface area contributed by atoms with E-state index in [-0.39, 0.29) is 12.8 Å². The number of carboxylic acids is 1. The standard InChI is InChI=1S/C25H49FO2/c1-3-5-7-9-10-11-12-13-14-15-16-17-19-21-23-25(26,24(27)28)22-20-18-8-6-4-2/h3-23H2,1-2H3,(H,27,28). The SMILES string of the molecule is CCCCCCCCCCCCCCCCC(F)(CCCCCCC)C(=O)O. The molecule has 0 aromatic heterocycles. The fourth-order valence-electron chi connectivity index (χ4n) is 3.95. The van der Waals surface area contributed by atoms with Gasteiger partial charge in [0, 0.05) is 0 Å². The van der Waals surface area contributed by atoms with E-state index < -0.39 is 11.6 Å². The van der Waals surface area contributed by atoms with Gasteiger partial charge in [0.15, 0.2) is 0 Å². The van der Waals surface area contributed by atoms with E-state index in [0.29, 0.717) is 12.8 Å². The van der Waals surface area contributed by atoms with Gasteiger partial charge in [0.25, 0.3) is 0 Å². The predicted octanol–water partition coefficient (Wildman–Crippen LogP) is 9.01. The molecule has 1 unspecified atom stereocenters. The Morgan fingerprint density at radius 3 is 1.07 bits per heavy atom. The van der Waals surface area contributed by atoms with Crippen LogP contribution in [0.2, 0.25) is 0 Å². The Kier molecular flexibility index (Phi) is 19.3. The summed E-state index contributed by atoms with van der Waals surface area (Å²) in [5, 5.41) is 9.26. The highest BCUT2D eigenvalue weighted by Crippen LogP contribution is 2.28. The molecule has 0 bridgehead atoms. The molecular weight excluding hydrogens is 351 g/mol. The summed E-state index contributed by atoms with van der Waals surface area (Å²) in [7, 11) is 0. The summed E-state index contributed by atoms with van der Waals surface area (Å²) >= 11 is 0. The predicted molar refractivity (Wildman–Crippen MR) is 120 cm³/mol. The van der Waals surface area contributed by atoms with Crippen LogP contribution in [0, 0.1) is 0 Å². The lowest BCUT2D eigenvalue weighted by Crippen LogP contribution is -2.33. The summed E-state index contributed by atoms with van der Waals surface area (Å²) < 4.78 is 14.7. The van der Waals surface area contributed by atoms with Crippen LogP contribution < -0.4 is 0 Å². The monoisotopic (exact) mass is 400 g/mol. The third kappa shape index (κ3) is 16.4. The first kappa shape index (κ1) is 27.4. The molecule has 0 spiro atoms. The van der Waals surface area contributed by atoms with Crippen molar-refractivity contribution in [2.75, 3.05) is 0 Å². The second kappa shape index (κ2) is 19.7. The van der Waals surface area contributed by atoms with Crippen molar-refractivity contribution in [3.8, 4) is 0 Å². The summed E-state index contributed by atoms with van der Waals surface area (Å²) in [6, 6.07) is 0. The first-order valence-corrected chi connectivity index (χ1v) is 12.5. The average molecular weight is 401 g/mol. The Bertz CT molecular complexity index is 345. The molecule has 0 rings (SSSR count). The average Bonchev–Trinajstić information content (AvgIpc) is 2.68. The minimum atomic E-state index is -2.00. The number of hydrogen-bond donors (Lipinski definition) is 1. The van der Waals surface area contributed by atoms with Crippen LogP contribution in [0.5, 0.6) is 0 Å². The molecule has 0 fully saturated rings. The van der Waals surface area contributed by atoms with Crippen molar-refractivity contribution in [1.82, 2.24) is 0 Å². The molecule has 0 saturated heterocycles. The molecule has 0 aliphatic carbocycles. The Labute approximate surface area is 175 Å². The maximum absolute atomic E-state index is 14.7. The number of halogens is 1. The zero-order chi connectivity index (χ0) is 20.9. The second-order valence-corrected chi connectivity index (χ2v) is 8.78. The molecule has 2 nitrogen and oxygen atoms in total. The quantitative estimate of drug-likeness (QED) is 0.184. The van der Waals surface area contributed by atoms with Crippen LogP contribution >= 0.6 is 0 Å². The number of alkyl halides is 1.